The number of carbonyl (C=O) groups excluding carboxylic acids is 1. The minimum absolute atomic E-state index is 0.244. The van der Waals surface area contributed by atoms with E-state index < -0.39 is 0 Å². The summed E-state index contributed by atoms with van der Waals surface area (Å²) in [6.45, 7) is 6.98. The summed E-state index contributed by atoms with van der Waals surface area (Å²) < 4.78 is 9.73. The lowest BCUT2D eigenvalue weighted by atomic mass is 10.3. The third kappa shape index (κ3) is 4.73. The van der Waals surface area contributed by atoms with Crippen molar-refractivity contribution in [2.45, 2.75) is 13.3 Å². The zero-order valence-electron chi connectivity index (χ0n) is 13.6. The van der Waals surface area contributed by atoms with Gasteiger partial charge in [-0.25, -0.2) is 4.79 Å². The van der Waals surface area contributed by atoms with Crippen LogP contribution >= 0.6 is 22.9 Å². The fourth-order valence-electron chi connectivity index (χ4n) is 2.46. The fourth-order valence-corrected chi connectivity index (χ4v) is 3.95. The highest BCUT2D eigenvalue weighted by Gasteiger charge is 2.13. The number of aryl methyl sites for hydroxylation is 1. The van der Waals surface area contributed by atoms with E-state index in [0.717, 1.165) is 49.7 Å². The first-order valence-corrected chi connectivity index (χ1v) is 9.61. The first-order valence-electron chi connectivity index (χ1n) is 7.95. The highest BCUT2D eigenvalue weighted by atomic mass is 32.1. The predicted molar refractivity (Wildman–Crippen MR) is 96.9 cm³/mol. The van der Waals surface area contributed by atoms with Gasteiger partial charge in [0.05, 0.1) is 11.5 Å². The van der Waals surface area contributed by atoms with E-state index in [2.05, 4.69) is 24.9 Å². The third-order valence-electron chi connectivity index (χ3n) is 3.74. The van der Waals surface area contributed by atoms with Crippen molar-refractivity contribution in [1.29, 1.82) is 0 Å². The highest BCUT2D eigenvalue weighted by Crippen LogP contribution is 2.28. The van der Waals surface area contributed by atoms with E-state index in [9.17, 15) is 4.79 Å². The van der Waals surface area contributed by atoms with Crippen molar-refractivity contribution in [3.05, 3.63) is 17.0 Å². The van der Waals surface area contributed by atoms with Crippen molar-refractivity contribution in [3.63, 3.8) is 0 Å². The maximum Gasteiger partial charge on any atom is 0.321 e. The monoisotopic (exact) mass is 367 g/mol. The normalized spacial score (nSPS) is 15.9. The second kappa shape index (κ2) is 8.52. The van der Waals surface area contributed by atoms with Crippen LogP contribution in [0.4, 0.5) is 9.93 Å². The molecule has 2 aromatic heterocycles. The zero-order chi connectivity index (χ0) is 16.8. The molecule has 24 heavy (non-hydrogen) atoms. The van der Waals surface area contributed by atoms with Crippen molar-refractivity contribution in [3.8, 4) is 10.7 Å². The summed E-state index contributed by atoms with van der Waals surface area (Å²) in [4.78, 5) is 19.7. The minimum Gasteiger partial charge on any atom is -0.380 e. The molecule has 7 nitrogen and oxygen atoms in total. The molecular formula is C15H21N5O2S2. The van der Waals surface area contributed by atoms with Crippen LogP contribution in [-0.4, -0.2) is 59.7 Å². The van der Waals surface area contributed by atoms with E-state index in [-0.39, 0.29) is 6.03 Å². The number of nitrogens with zero attached hydrogens (tertiary/aromatic N) is 3. The van der Waals surface area contributed by atoms with Crippen LogP contribution in [0.25, 0.3) is 10.7 Å². The molecule has 0 aromatic carbocycles. The van der Waals surface area contributed by atoms with E-state index in [0.29, 0.717) is 17.5 Å². The van der Waals surface area contributed by atoms with Crippen LogP contribution in [0.2, 0.25) is 0 Å². The second-order valence-corrected chi connectivity index (χ2v) is 7.21. The minimum atomic E-state index is -0.244. The van der Waals surface area contributed by atoms with Gasteiger partial charge in [-0.05, 0) is 30.4 Å². The third-order valence-corrected chi connectivity index (χ3v) is 5.38. The molecule has 0 atom stereocenters. The Morgan fingerprint density at radius 1 is 1.42 bits per heavy atom. The quantitative estimate of drug-likeness (QED) is 0.848. The second-order valence-electron chi connectivity index (χ2n) is 5.54. The number of carbonyl (C=O) groups is 1. The van der Waals surface area contributed by atoms with Gasteiger partial charge in [-0.1, -0.05) is 0 Å². The molecule has 0 aliphatic carbocycles. The van der Waals surface area contributed by atoms with Gasteiger partial charge in [0.2, 0.25) is 5.13 Å². The van der Waals surface area contributed by atoms with Crippen molar-refractivity contribution >= 4 is 34.0 Å². The van der Waals surface area contributed by atoms with E-state index in [1.165, 1.54) is 11.5 Å². The summed E-state index contributed by atoms with van der Waals surface area (Å²) in [5.41, 5.74) is 1.15. The van der Waals surface area contributed by atoms with Gasteiger partial charge in [0, 0.05) is 44.3 Å². The Hall–Kier alpha value is -1.55. The lowest BCUT2D eigenvalue weighted by Crippen LogP contribution is -2.37. The van der Waals surface area contributed by atoms with Gasteiger partial charge in [-0.3, -0.25) is 10.2 Å². The maximum absolute atomic E-state index is 12.0. The Morgan fingerprint density at radius 2 is 2.33 bits per heavy atom. The summed E-state index contributed by atoms with van der Waals surface area (Å²) in [5, 5.41) is 8.14. The molecule has 1 aliphatic heterocycles. The molecule has 2 amide bonds. The molecule has 0 bridgehead atoms. The summed E-state index contributed by atoms with van der Waals surface area (Å²) in [7, 11) is 0. The first-order chi connectivity index (χ1) is 11.7. The van der Waals surface area contributed by atoms with Crippen LogP contribution in [-0.2, 0) is 4.74 Å². The van der Waals surface area contributed by atoms with Gasteiger partial charge in [0.1, 0.15) is 0 Å². The summed E-state index contributed by atoms with van der Waals surface area (Å²) in [6.07, 6.45) is 1.04. The maximum atomic E-state index is 12.0. The molecule has 1 saturated heterocycles. The lowest BCUT2D eigenvalue weighted by Gasteiger charge is -2.18. The molecule has 0 radical (unpaired) electrons. The number of anilines is 1. The van der Waals surface area contributed by atoms with Gasteiger partial charge >= 0.3 is 6.03 Å². The smallest absolute Gasteiger partial charge is 0.321 e. The van der Waals surface area contributed by atoms with Crippen LogP contribution in [0, 0.1) is 6.92 Å². The van der Waals surface area contributed by atoms with E-state index in [1.807, 2.05) is 18.4 Å². The lowest BCUT2D eigenvalue weighted by molar-refractivity contribution is 0.141. The van der Waals surface area contributed by atoms with E-state index in [1.54, 1.807) is 11.3 Å². The van der Waals surface area contributed by atoms with Crippen molar-refractivity contribution in [1.82, 2.24) is 19.6 Å². The largest absolute Gasteiger partial charge is 0.380 e. The SMILES string of the molecule is Cc1ccsc1-c1nsc(NC(=O)NCCN2CCCOCC2)n1. The van der Waals surface area contributed by atoms with Crippen LogP contribution < -0.4 is 10.6 Å². The standard InChI is InChI=1S/C15H21N5O2S2/c1-11-3-10-23-12(11)13-17-15(24-19-13)18-14(21)16-4-6-20-5-2-8-22-9-7-20/h3,10H,2,4-9H2,1H3,(H2,16,17,18,19,21). The molecule has 130 valence electrons. The molecule has 2 aromatic rings. The van der Waals surface area contributed by atoms with Crippen LogP contribution in [0.5, 0.6) is 0 Å². The average Bonchev–Trinajstić information content (AvgIpc) is 3.10. The number of nitrogens with one attached hydrogen (secondary N) is 2. The number of rotatable bonds is 5. The Labute approximate surface area is 149 Å². The van der Waals surface area contributed by atoms with Gasteiger partial charge in [-0.15, -0.1) is 11.3 Å². The number of aromatic nitrogens is 2. The Bertz CT molecular complexity index is 664. The van der Waals surface area contributed by atoms with Gasteiger partial charge in [0.15, 0.2) is 5.82 Å². The predicted octanol–water partition coefficient (Wildman–Crippen LogP) is 2.42. The number of thiophene rings is 1. The number of ether oxygens (including phenoxy) is 1. The topological polar surface area (TPSA) is 79.4 Å². The molecule has 3 rings (SSSR count). The number of urea groups is 1. The summed E-state index contributed by atoms with van der Waals surface area (Å²) >= 11 is 2.80. The van der Waals surface area contributed by atoms with Crippen molar-refractivity contribution in [2.75, 3.05) is 44.7 Å². The summed E-state index contributed by atoms with van der Waals surface area (Å²) in [5.74, 6) is 0.673. The van der Waals surface area contributed by atoms with Gasteiger partial charge in [0.25, 0.3) is 0 Å². The van der Waals surface area contributed by atoms with Crippen molar-refractivity contribution in [2.24, 2.45) is 0 Å². The Kier molecular flexibility index (Phi) is 6.13. The van der Waals surface area contributed by atoms with Crippen LogP contribution in [0.15, 0.2) is 11.4 Å². The molecule has 9 heteroatoms. The molecule has 0 saturated carbocycles. The number of amides is 2. The zero-order valence-corrected chi connectivity index (χ0v) is 15.2. The molecule has 1 aliphatic rings. The average molecular weight is 368 g/mol. The number of hydrogen-bond acceptors (Lipinski definition) is 7. The molecule has 0 spiro atoms. The van der Waals surface area contributed by atoms with E-state index in [4.69, 9.17) is 4.74 Å². The fraction of sp³-hybridized carbons (Fsp3) is 0.533. The summed E-state index contributed by atoms with van der Waals surface area (Å²) in [6, 6.07) is 1.79. The Balaban J connectivity index is 1.43. The molecular weight excluding hydrogens is 346 g/mol. The van der Waals surface area contributed by atoms with Crippen molar-refractivity contribution < 1.29 is 9.53 Å². The van der Waals surface area contributed by atoms with Gasteiger partial charge < -0.3 is 10.1 Å². The molecule has 3 heterocycles. The van der Waals surface area contributed by atoms with E-state index >= 15 is 0 Å². The van der Waals surface area contributed by atoms with Crippen LogP contribution in [0.3, 0.4) is 0 Å². The first kappa shape index (κ1) is 17.3. The Morgan fingerprint density at radius 3 is 3.17 bits per heavy atom. The molecule has 0 unspecified atom stereocenters. The molecule has 1 fully saturated rings. The van der Waals surface area contributed by atoms with Crippen LogP contribution in [0.1, 0.15) is 12.0 Å². The molecule has 2 N–H and O–H groups in total. The van der Waals surface area contributed by atoms with Gasteiger partial charge in [-0.2, -0.15) is 9.36 Å². The number of hydrogen-bond donors (Lipinski definition) is 2. The highest BCUT2D eigenvalue weighted by molar-refractivity contribution is 7.14.